The zero-order valence-corrected chi connectivity index (χ0v) is 13.4. The van der Waals surface area contributed by atoms with E-state index >= 15 is 0 Å². The van der Waals surface area contributed by atoms with E-state index in [9.17, 15) is 14.3 Å². The maximum Gasteiger partial charge on any atom is 0.303 e. The number of fused-ring (bicyclic) bond motifs is 1. The lowest BCUT2D eigenvalue weighted by Crippen LogP contribution is -2.16. The molecule has 4 nitrogen and oxygen atoms in total. The van der Waals surface area contributed by atoms with E-state index in [-0.39, 0.29) is 24.1 Å². The van der Waals surface area contributed by atoms with Gasteiger partial charge in [-0.05, 0) is 55.4 Å². The highest BCUT2D eigenvalue weighted by molar-refractivity contribution is 5.68. The minimum atomic E-state index is -0.771. The second kappa shape index (κ2) is 6.14. The van der Waals surface area contributed by atoms with Gasteiger partial charge in [0.1, 0.15) is 5.82 Å². The van der Waals surface area contributed by atoms with Gasteiger partial charge in [-0.15, -0.1) is 0 Å². The van der Waals surface area contributed by atoms with Crippen molar-refractivity contribution in [1.29, 1.82) is 0 Å². The zero-order valence-electron chi connectivity index (χ0n) is 13.4. The first-order chi connectivity index (χ1) is 11.0. The van der Waals surface area contributed by atoms with E-state index in [1.807, 2.05) is 4.68 Å². The van der Waals surface area contributed by atoms with Crippen LogP contribution in [0, 0.1) is 5.82 Å². The van der Waals surface area contributed by atoms with Gasteiger partial charge in [-0.25, -0.2) is 9.07 Å². The van der Waals surface area contributed by atoms with Gasteiger partial charge in [0.25, 0.3) is 0 Å². The first-order valence-electron chi connectivity index (χ1n) is 8.06. The minimum Gasteiger partial charge on any atom is -0.481 e. The standard InChI is InChI=1S/C18H21FN2O2/c1-11(2)18-17-12(10-16(22)23)4-3-5-15(17)21(20-18)14-8-6-13(19)7-9-14/h6-9,11-12H,3-5,10H2,1-2H3,(H,22,23). The average Bonchev–Trinajstić information content (AvgIpc) is 2.88. The molecule has 1 heterocycles. The summed E-state index contributed by atoms with van der Waals surface area (Å²) >= 11 is 0. The van der Waals surface area contributed by atoms with Crippen molar-refractivity contribution in [3.63, 3.8) is 0 Å². The minimum absolute atomic E-state index is 0.0165. The van der Waals surface area contributed by atoms with E-state index in [0.717, 1.165) is 41.9 Å². The number of carbonyl (C=O) groups is 1. The van der Waals surface area contributed by atoms with Crippen LogP contribution in [0.5, 0.6) is 0 Å². The molecule has 1 aromatic carbocycles. The van der Waals surface area contributed by atoms with Crippen LogP contribution in [0.15, 0.2) is 24.3 Å². The van der Waals surface area contributed by atoms with Crippen molar-refractivity contribution >= 4 is 5.97 Å². The van der Waals surface area contributed by atoms with Crippen LogP contribution >= 0.6 is 0 Å². The molecule has 5 heteroatoms. The molecule has 0 saturated heterocycles. The molecule has 1 unspecified atom stereocenters. The smallest absolute Gasteiger partial charge is 0.303 e. The predicted molar refractivity (Wildman–Crippen MR) is 85.5 cm³/mol. The van der Waals surface area contributed by atoms with Crippen molar-refractivity contribution in [3.05, 3.63) is 47.0 Å². The molecule has 0 radical (unpaired) electrons. The van der Waals surface area contributed by atoms with E-state index < -0.39 is 5.97 Å². The molecule has 1 aromatic heterocycles. The zero-order chi connectivity index (χ0) is 16.6. The SMILES string of the molecule is CC(C)c1nn(-c2ccc(F)cc2)c2c1C(CC(=O)O)CCC2. The summed E-state index contributed by atoms with van der Waals surface area (Å²) in [5, 5.41) is 14.0. The Morgan fingerprint density at radius 2 is 2.09 bits per heavy atom. The number of aliphatic carboxylic acids is 1. The van der Waals surface area contributed by atoms with Crippen LogP contribution in [0.2, 0.25) is 0 Å². The molecule has 3 rings (SSSR count). The Bertz CT molecular complexity index is 719. The third kappa shape index (κ3) is 3.00. The lowest BCUT2D eigenvalue weighted by Gasteiger charge is -2.23. The van der Waals surface area contributed by atoms with Crippen LogP contribution in [0.25, 0.3) is 5.69 Å². The van der Waals surface area contributed by atoms with Crippen molar-refractivity contribution in [2.24, 2.45) is 0 Å². The number of halogens is 1. The van der Waals surface area contributed by atoms with Gasteiger partial charge in [0.15, 0.2) is 0 Å². The van der Waals surface area contributed by atoms with Crippen molar-refractivity contribution in [1.82, 2.24) is 9.78 Å². The summed E-state index contributed by atoms with van der Waals surface area (Å²) in [6.45, 7) is 4.15. The summed E-state index contributed by atoms with van der Waals surface area (Å²) in [6, 6.07) is 6.28. The second-order valence-electron chi connectivity index (χ2n) is 6.48. The van der Waals surface area contributed by atoms with Gasteiger partial charge in [-0.2, -0.15) is 5.10 Å². The predicted octanol–water partition coefficient (Wildman–Crippen LogP) is 4.03. The third-order valence-electron chi connectivity index (χ3n) is 4.46. The molecule has 122 valence electrons. The molecule has 1 atom stereocenters. The van der Waals surface area contributed by atoms with Crippen LogP contribution in [0.1, 0.15) is 61.9 Å². The molecule has 0 saturated carbocycles. The largest absolute Gasteiger partial charge is 0.481 e. The number of rotatable bonds is 4. The van der Waals surface area contributed by atoms with Crippen molar-refractivity contribution in [2.45, 2.75) is 51.4 Å². The van der Waals surface area contributed by atoms with Gasteiger partial charge < -0.3 is 5.11 Å². The maximum absolute atomic E-state index is 13.2. The monoisotopic (exact) mass is 316 g/mol. The van der Waals surface area contributed by atoms with Crippen LogP contribution in [0.4, 0.5) is 4.39 Å². The third-order valence-corrected chi connectivity index (χ3v) is 4.46. The van der Waals surface area contributed by atoms with Crippen molar-refractivity contribution in [2.75, 3.05) is 0 Å². The number of aromatic nitrogens is 2. The maximum atomic E-state index is 13.2. The summed E-state index contributed by atoms with van der Waals surface area (Å²) in [5.41, 5.74) is 3.97. The Kier molecular flexibility index (Phi) is 4.20. The number of nitrogens with zero attached hydrogens (tertiary/aromatic N) is 2. The summed E-state index contributed by atoms with van der Waals surface area (Å²) in [4.78, 5) is 11.2. The van der Waals surface area contributed by atoms with Gasteiger partial charge in [-0.3, -0.25) is 4.79 Å². The van der Waals surface area contributed by atoms with Gasteiger partial charge in [0.05, 0.1) is 17.8 Å². The van der Waals surface area contributed by atoms with E-state index in [4.69, 9.17) is 5.10 Å². The summed E-state index contributed by atoms with van der Waals surface area (Å²) in [7, 11) is 0. The van der Waals surface area contributed by atoms with Crippen LogP contribution in [-0.4, -0.2) is 20.9 Å². The fourth-order valence-electron chi connectivity index (χ4n) is 3.47. The first-order valence-corrected chi connectivity index (χ1v) is 8.06. The second-order valence-corrected chi connectivity index (χ2v) is 6.48. The first kappa shape index (κ1) is 15.7. The van der Waals surface area contributed by atoms with E-state index in [1.54, 1.807) is 12.1 Å². The molecule has 23 heavy (non-hydrogen) atoms. The van der Waals surface area contributed by atoms with Gasteiger partial charge in [-0.1, -0.05) is 13.8 Å². The molecule has 0 fully saturated rings. The number of hydrogen-bond acceptors (Lipinski definition) is 2. The molecule has 2 aromatic rings. The highest BCUT2D eigenvalue weighted by Crippen LogP contribution is 2.39. The quantitative estimate of drug-likeness (QED) is 0.926. The van der Waals surface area contributed by atoms with Crippen LogP contribution in [0.3, 0.4) is 0 Å². The van der Waals surface area contributed by atoms with Gasteiger partial charge in [0, 0.05) is 11.3 Å². The molecule has 0 amide bonds. The number of benzene rings is 1. The highest BCUT2D eigenvalue weighted by atomic mass is 19.1. The molecule has 1 N–H and O–H groups in total. The Labute approximate surface area is 134 Å². The summed E-state index contributed by atoms with van der Waals surface area (Å²) in [6.07, 6.45) is 2.86. The lowest BCUT2D eigenvalue weighted by atomic mass is 9.81. The topological polar surface area (TPSA) is 55.1 Å². The normalized spacial score (nSPS) is 17.3. The van der Waals surface area contributed by atoms with E-state index in [2.05, 4.69) is 13.8 Å². The summed E-state index contributed by atoms with van der Waals surface area (Å²) < 4.78 is 15.1. The Balaban J connectivity index is 2.12. The fraction of sp³-hybridized carbons (Fsp3) is 0.444. The van der Waals surface area contributed by atoms with Crippen molar-refractivity contribution < 1.29 is 14.3 Å². The lowest BCUT2D eigenvalue weighted by molar-refractivity contribution is -0.137. The van der Waals surface area contributed by atoms with Gasteiger partial charge in [0.2, 0.25) is 0 Å². The Morgan fingerprint density at radius 3 is 2.70 bits per heavy atom. The Morgan fingerprint density at radius 1 is 1.39 bits per heavy atom. The molecular weight excluding hydrogens is 295 g/mol. The van der Waals surface area contributed by atoms with Gasteiger partial charge >= 0.3 is 5.97 Å². The number of carboxylic acid groups (broad SMARTS) is 1. The summed E-state index contributed by atoms with van der Waals surface area (Å²) in [5.74, 6) is -0.808. The molecule has 0 spiro atoms. The van der Waals surface area contributed by atoms with Crippen molar-refractivity contribution in [3.8, 4) is 5.69 Å². The van der Waals surface area contributed by atoms with Crippen LogP contribution in [-0.2, 0) is 11.2 Å². The number of carboxylic acids is 1. The van der Waals surface area contributed by atoms with Crippen LogP contribution < -0.4 is 0 Å². The highest BCUT2D eigenvalue weighted by Gasteiger charge is 2.31. The van der Waals surface area contributed by atoms with E-state index in [1.165, 1.54) is 12.1 Å². The molecule has 0 aliphatic heterocycles. The Hall–Kier alpha value is -2.17. The number of hydrogen-bond donors (Lipinski definition) is 1. The molecular formula is C18H21FN2O2. The fourth-order valence-corrected chi connectivity index (χ4v) is 3.47. The molecule has 1 aliphatic rings. The van der Waals surface area contributed by atoms with E-state index in [0.29, 0.717) is 0 Å². The molecule has 1 aliphatic carbocycles. The average molecular weight is 316 g/mol. The molecule has 0 bridgehead atoms.